The SMILES string of the molecule is CCN(CC)CCC(C)(O)S. The second kappa shape index (κ2) is 5.01. The van der Waals surface area contributed by atoms with Crippen LogP contribution in [0.3, 0.4) is 0 Å². The lowest BCUT2D eigenvalue weighted by Gasteiger charge is -2.22. The van der Waals surface area contributed by atoms with Crippen molar-refractivity contribution < 1.29 is 5.11 Å². The molecule has 0 aliphatic carbocycles. The maximum atomic E-state index is 9.30. The third-order valence-electron chi connectivity index (χ3n) is 1.80. The molecule has 0 aromatic rings. The van der Waals surface area contributed by atoms with E-state index in [-0.39, 0.29) is 0 Å². The average Bonchev–Trinajstić information content (AvgIpc) is 1.88. The van der Waals surface area contributed by atoms with Gasteiger partial charge in [-0.15, -0.1) is 12.6 Å². The first-order valence-corrected chi connectivity index (χ1v) is 4.61. The Kier molecular flexibility index (Phi) is 5.13. The molecule has 1 atom stereocenters. The highest BCUT2D eigenvalue weighted by molar-refractivity contribution is 7.81. The Morgan fingerprint density at radius 3 is 2.09 bits per heavy atom. The second-order valence-corrected chi connectivity index (χ2v) is 3.96. The molecule has 11 heavy (non-hydrogen) atoms. The fourth-order valence-corrected chi connectivity index (χ4v) is 1.01. The van der Waals surface area contributed by atoms with E-state index in [2.05, 4.69) is 31.4 Å². The van der Waals surface area contributed by atoms with Crippen molar-refractivity contribution in [1.29, 1.82) is 0 Å². The number of nitrogens with zero attached hydrogens (tertiary/aromatic N) is 1. The van der Waals surface area contributed by atoms with Crippen molar-refractivity contribution in [3.05, 3.63) is 0 Å². The van der Waals surface area contributed by atoms with Crippen molar-refractivity contribution in [3.8, 4) is 0 Å². The molecule has 0 aliphatic rings. The van der Waals surface area contributed by atoms with Gasteiger partial charge < -0.3 is 10.0 Å². The van der Waals surface area contributed by atoms with Crippen LogP contribution in [-0.4, -0.2) is 34.6 Å². The summed E-state index contributed by atoms with van der Waals surface area (Å²) in [6.07, 6.45) is 0.720. The van der Waals surface area contributed by atoms with E-state index in [9.17, 15) is 5.11 Å². The summed E-state index contributed by atoms with van der Waals surface area (Å²) in [6, 6.07) is 0. The minimum atomic E-state index is -0.817. The molecule has 0 saturated carbocycles. The summed E-state index contributed by atoms with van der Waals surface area (Å²) in [7, 11) is 0. The monoisotopic (exact) mass is 177 g/mol. The summed E-state index contributed by atoms with van der Waals surface area (Å²) in [6.45, 7) is 8.97. The van der Waals surface area contributed by atoms with Gasteiger partial charge in [-0.3, -0.25) is 0 Å². The average molecular weight is 177 g/mol. The summed E-state index contributed by atoms with van der Waals surface area (Å²) < 4.78 is 0. The fraction of sp³-hybridized carbons (Fsp3) is 1.00. The Morgan fingerprint density at radius 1 is 1.36 bits per heavy atom. The maximum absolute atomic E-state index is 9.30. The van der Waals surface area contributed by atoms with E-state index in [1.165, 1.54) is 0 Å². The summed E-state index contributed by atoms with van der Waals surface area (Å²) in [5, 5.41) is 9.30. The van der Waals surface area contributed by atoms with Crippen molar-refractivity contribution in [1.82, 2.24) is 4.90 Å². The molecule has 0 bridgehead atoms. The minimum Gasteiger partial charge on any atom is -0.380 e. The number of hydrogen-bond acceptors (Lipinski definition) is 3. The third kappa shape index (κ3) is 6.66. The standard InChI is InChI=1S/C8H19NOS/c1-4-9(5-2)7-6-8(3,10)11/h10-11H,4-7H2,1-3H3. The van der Waals surface area contributed by atoms with Crippen LogP contribution in [0.1, 0.15) is 27.2 Å². The smallest absolute Gasteiger partial charge is 0.106 e. The molecule has 0 spiro atoms. The molecular formula is C8H19NOS. The van der Waals surface area contributed by atoms with Gasteiger partial charge in [0.25, 0.3) is 0 Å². The lowest BCUT2D eigenvalue weighted by Crippen LogP contribution is -2.29. The zero-order chi connectivity index (χ0) is 8.91. The predicted octanol–water partition coefficient (Wildman–Crippen LogP) is 1.36. The molecule has 0 aromatic heterocycles. The second-order valence-electron chi connectivity index (χ2n) is 2.99. The molecule has 0 aliphatic heterocycles. The molecule has 1 unspecified atom stereocenters. The zero-order valence-corrected chi connectivity index (χ0v) is 8.56. The van der Waals surface area contributed by atoms with E-state index in [0.29, 0.717) is 0 Å². The summed E-state index contributed by atoms with van der Waals surface area (Å²) in [4.78, 5) is 1.45. The first-order chi connectivity index (χ1) is 4.99. The molecule has 0 amide bonds. The van der Waals surface area contributed by atoms with Crippen LogP contribution in [0.5, 0.6) is 0 Å². The predicted molar refractivity (Wildman–Crippen MR) is 52.0 cm³/mol. The lowest BCUT2D eigenvalue weighted by molar-refractivity contribution is 0.130. The van der Waals surface area contributed by atoms with Gasteiger partial charge in [0.1, 0.15) is 4.93 Å². The van der Waals surface area contributed by atoms with E-state index in [0.717, 1.165) is 26.1 Å². The first-order valence-electron chi connectivity index (χ1n) is 4.16. The quantitative estimate of drug-likeness (QED) is 0.489. The number of thiol groups is 1. The highest BCUT2D eigenvalue weighted by atomic mass is 32.1. The van der Waals surface area contributed by atoms with Gasteiger partial charge in [0.15, 0.2) is 0 Å². The molecule has 0 heterocycles. The first kappa shape index (κ1) is 11.3. The van der Waals surface area contributed by atoms with E-state index in [4.69, 9.17) is 0 Å². The summed E-state index contributed by atoms with van der Waals surface area (Å²) in [5.41, 5.74) is 0. The normalized spacial score (nSPS) is 16.9. The minimum absolute atomic E-state index is 0.720. The van der Waals surface area contributed by atoms with Crippen LogP contribution in [0.4, 0.5) is 0 Å². The highest BCUT2D eigenvalue weighted by Crippen LogP contribution is 2.13. The molecule has 2 nitrogen and oxygen atoms in total. The molecule has 1 N–H and O–H groups in total. The highest BCUT2D eigenvalue weighted by Gasteiger charge is 2.14. The molecule has 0 rings (SSSR count). The van der Waals surface area contributed by atoms with E-state index >= 15 is 0 Å². The molecule has 0 saturated heterocycles. The van der Waals surface area contributed by atoms with Crippen LogP contribution in [-0.2, 0) is 0 Å². The Labute approximate surface area is 75.0 Å². The number of aliphatic hydroxyl groups is 1. The molecule has 0 fully saturated rings. The van der Waals surface area contributed by atoms with Crippen molar-refractivity contribution >= 4 is 12.6 Å². The fourth-order valence-electron chi connectivity index (χ4n) is 0.910. The van der Waals surface area contributed by atoms with Crippen LogP contribution < -0.4 is 0 Å². The Hall–Kier alpha value is 0.270. The zero-order valence-electron chi connectivity index (χ0n) is 7.67. The molecular weight excluding hydrogens is 158 g/mol. The molecule has 3 heteroatoms. The van der Waals surface area contributed by atoms with Crippen LogP contribution in [0.2, 0.25) is 0 Å². The molecule has 0 aromatic carbocycles. The van der Waals surface area contributed by atoms with Gasteiger partial charge in [0, 0.05) is 6.54 Å². The van der Waals surface area contributed by atoms with E-state index in [1.54, 1.807) is 6.92 Å². The maximum Gasteiger partial charge on any atom is 0.106 e. The number of hydrogen-bond donors (Lipinski definition) is 2. The molecule has 0 radical (unpaired) electrons. The van der Waals surface area contributed by atoms with Gasteiger partial charge in [-0.1, -0.05) is 13.8 Å². The lowest BCUT2D eigenvalue weighted by atomic mass is 10.2. The van der Waals surface area contributed by atoms with Crippen LogP contribution >= 0.6 is 12.6 Å². The van der Waals surface area contributed by atoms with Gasteiger partial charge in [-0.25, -0.2) is 0 Å². The third-order valence-corrected chi connectivity index (χ3v) is 2.02. The van der Waals surface area contributed by atoms with E-state index in [1.807, 2.05) is 0 Å². The van der Waals surface area contributed by atoms with Crippen molar-refractivity contribution in [2.24, 2.45) is 0 Å². The summed E-state index contributed by atoms with van der Waals surface area (Å²) in [5.74, 6) is 0. The van der Waals surface area contributed by atoms with Gasteiger partial charge in [0.2, 0.25) is 0 Å². The topological polar surface area (TPSA) is 23.5 Å². The van der Waals surface area contributed by atoms with E-state index < -0.39 is 4.93 Å². The molecule has 68 valence electrons. The van der Waals surface area contributed by atoms with Crippen LogP contribution in [0, 0.1) is 0 Å². The van der Waals surface area contributed by atoms with Crippen molar-refractivity contribution in [2.45, 2.75) is 32.1 Å². The Balaban J connectivity index is 3.51. The van der Waals surface area contributed by atoms with Gasteiger partial charge in [0.05, 0.1) is 0 Å². The van der Waals surface area contributed by atoms with Gasteiger partial charge >= 0.3 is 0 Å². The Morgan fingerprint density at radius 2 is 1.82 bits per heavy atom. The number of rotatable bonds is 5. The van der Waals surface area contributed by atoms with Gasteiger partial charge in [-0.05, 0) is 26.4 Å². The van der Waals surface area contributed by atoms with Crippen molar-refractivity contribution in [3.63, 3.8) is 0 Å². The van der Waals surface area contributed by atoms with Gasteiger partial charge in [-0.2, -0.15) is 0 Å². The van der Waals surface area contributed by atoms with Crippen LogP contribution in [0.25, 0.3) is 0 Å². The largest absolute Gasteiger partial charge is 0.380 e. The van der Waals surface area contributed by atoms with Crippen molar-refractivity contribution in [2.75, 3.05) is 19.6 Å². The summed E-state index contributed by atoms with van der Waals surface area (Å²) >= 11 is 4.04. The van der Waals surface area contributed by atoms with Crippen LogP contribution in [0.15, 0.2) is 0 Å². The Bertz CT molecular complexity index is 96.8.